The normalized spacial score (nSPS) is 12.6. The van der Waals surface area contributed by atoms with E-state index < -0.39 is 6.10 Å². The topological polar surface area (TPSA) is 74.2 Å². The zero-order valence-electron chi connectivity index (χ0n) is 12.5. The van der Waals surface area contributed by atoms with Crippen molar-refractivity contribution in [2.45, 2.75) is 33.3 Å². The number of aromatic nitrogens is 1. The van der Waals surface area contributed by atoms with Crippen LogP contribution in [0.2, 0.25) is 0 Å². The molecule has 1 aromatic heterocycles. The highest BCUT2D eigenvalue weighted by Gasteiger charge is 2.09. The van der Waals surface area contributed by atoms with Crippen LogP contribution >= 0.6 is 11.3 Å². The van der Waals surface area contributed by atoms with Gasteiger partial charge in [-0.2, -0.15) is 0 Å². The number of amides is 2. The number of carbonyl (C=O) groups excluding carboxylic acids is 1. The minimum atomic E-state index is -0.512. The lowest BCUT2D eigenvalue weighted by Gasteiger charge is -2.14. The van der Waals surface area contributed by atoms with Crippen LogP contribution in [0.5, 0.6) is 0 Å². The van der Waals surface area contributed by atoms with Gasteiger partial charge in [-0.05, 0) is 37.5 Å². The van der Waals surface area contributed by atoms with Gasteiger partial charge < -0.3 is 15.7 Å². The highest BCUT2D eigenvalue weighted by atomic mass is 32.1. The summed E-state index contributed by atoms with van der Waals surface area (Å²) >= 11 is 1.60. The quantitative estimate of drug-likeness (QED) is 0.794. The third-order valence-corrected chi connectivity index (χ3v) is 3.93. The molecule has 114 valence electrons. The molecule has 1 heterocycles. The van der Waals surface area contributed by atoms with Crippen LogP contribution in [0.25, 0.3) is 10.2 Å². The van der Waals surface area contributed by atoms with Crippen LogP contribution in [0.4, 0.5) is 10.5 Å². The van der Waals surface area contributed by atoms with E-state index in [4.69, 9.17) is 0 Å². The molecular weight excluding hydrogens is 286 g/mol. The van der Waals surface area contributed by atoms with Gasteiger partial charge in [0.2, 0.25) is 0 Å². The molecule has 1 aromatic carbocycles. The Kier molecular flexibility index (Phi) is 5.14. The van der Waals surface area contributed by atoms with Gasteiger partial charge in [-0.15, -0.1) is 11.3 Å². The molecule has 2 amide bonds. The first-order chi connectivity index (χ1) is 9.94. The molecule has 0 spiro atoms. The molecule has 0 bridgehead atoms. The van der Waals surface area contributed by atoms with Crippen LogP contribution in [0, 0.1) is 12.8 Å². The third kappa shape index (κ3) is 4.68. The lowest BCUT2D eigenvalue weighted by molar-refractivity contribution is 0.148. The summed E-state index contributed by atoms with van der Waals surface area (Å²) in [5.41, 5.74) is 1.66. The van der Waals surface area contributed by atoms with Crippen molar-refractivity contribution in [1.82, 2.24) is 10.3 Å². The Hall–Kier alpha value is -1.66. The Morgan fingerprint density at radius 2 is 2.19 bits per heavy atom. The molecule has 2 aromatic rings. The Morgan fingerprint density at radius 3 is 2.90 bits per heavy atom. The number of anilines is 1. The summed E-state index contributed by atoms with van der Waals surface area (Å²) in [6.45, 7) is 6.29. The number of nitrogens with one attached hydrogen (secondary N) is 2. The monoisotopic (exact) mass is 307 g/mol. The standard InChI is InChI=1S/C15H21N3O2S/c1-9(2)6-12(19)8-16-15(20)18-11-4-5-13-14(7-11)21-10(3)17-13/h4-5,7,9,12,19H,6,8H2,1-3H3,(H2,16,18,20). The molecule has 0 fully saturated rings. The van der Waals surface area contributed by atoms with Gasteiger partial charge in [0.25, 0.3) is 0 Å². The summed E-state index contributed by atoms with van der Waals surface area (Å²) in [5.74, 6) is 0.404. The zero-order valence-corrected chi connectivity index (χ0v) is 13.3. The van der Waals surface area contributed by atoms with Crippen molar-refractivity contribution in [2.24, 2.45) is 5.92 Å². The van der Waals surface area contributed by atoms with E-state index in [1.807, 2.05) is 39.0 Å². The van der Waals surface area contributed by atoms with Gasteiger partial charge in [0.05, 0.1) is 21.3 Å². The molecule has 3 N–H and O–H groups in total. The molecule has 0 radical (unpaired) electrons. The highest BCUT2D eigenvalue weighted by molar-refractivity contribution is 7.18. The maximum atomic E-state index is 11.8. The second kappa shape index (κ2) is 6.87. The van der Waals surface area contributed by atoms with Crippen LogP contribution < -0.4 is 10.6 Å². The molecule has 1 atom stereocenters. The first-order valence-corrected chi connectivity index (χ1v) is 7.86. The van der Waals surface area contributed by atoms with Crippen LogP contribution in [-0.4, -0.2) is 28.8 Å². The Morgan fingerprint density at radius 1 is 1.43 bits per heavy atom. The molecule has 1 unspecified atom stereocenters. The number of hydrogen-bond acceptors (Lipinski definition) is 4. The first-order valence-electron chi connectivity index (χ1n) is 7.04. The number of hydrogen-bond donors (Lipinski definition) is 3. The van der Waals surface area contributed by atoms with E-state index in [2.05, 4.69) is 15.6 Å². The number of aliphatic hydroxyl groups is 1. The number of benzene rings is 1. The van der Waals surface area contributed by atoms with Gasteiger partial charge in [-0.25, -0.2) is 9.78 Å². The van der Waals surface area contributed by atoms with Gasteiger partial charge in [0.15, 0.2) is 0 Å². The molecule has 0 saturated heterocycles. The molecule has 0 aliphatic rings. The van der Waals surface area contributed by atoms with Crippen molar-refractivity contribution < 1.29 is 9.90 Å². The fourth-order valence-corrected chi connectivity index (χ4v) is 3.00. The second-order valence-corrected chi connectivity index (χ2v) is 6.77. The van der Waals surface area contributed by atoms with Gasteiger partial charge in [0.1, 0.15) is 0 Å². The van der Waals surface area contributed by atoms with Crippen molar-refractivity contribution >= 4 is 33.3 Å². The van der Waals surface area contributed by atoms with Gasteiger partial charge >= 0.3 is 6.03 Å². The smallest absolute Gasteiger partial charge is 0.319 e. The fraction of sp³-hybridized carbons (Fsp3) is 0.467. The van der Waals surface area contributed by atoms with E-state index in [0.717, 1.165) is 20.9 Å². The summed E-state index contributed by atoms with van der Waals surface area (Å²) in [5, 5.41) is 16.2. The summed E-state index contributed by atoms with van der Waals surface area (Å²) in [6, 6.07) is 5.32. The maximum Gasteiger partial charge on any atom is 0.319 e. The summed E-state index contributed by atoms with van der Waals surface area (Å²) in [6.07, 6.45) is 0.161. The van der Waals surface area contributed by atoms with Crippen LogP contribution in [-0.2, 0) is 0 Å². The van der Waals surface area contributed by atoms with Crippen LogP contribution in [0.1, 0.15) is 25.3 Å². The van der Waals surface area contributed by atoms with Crippen molar-refractivity contribution in [1.29, 1.82) is 0 Å². The number of aryl methyl sites for hydroxylation is 1. The fourth-order valence-electron chi connectivity index (χ4n) is 2.13. The van der Waals surface area contributed by atoms with E-state index in [1.165, 1.54) is 0 Å². The van der Waals surface area contributed by atoms with Gasteiger partial charge in [0, 0.05) is 12.2 Å². The Bertz CT molecular complexity index is 624. The number of carbonyl (C=O) groups is 1. The van der Waals surface area contributed by atoms with Crippen molar-refractivity contribution in [3.8, 4) is 0 Å². The number of thiazole rings is 1. The van der Waals surface area contributed by atoms with E-state index in [9.17, 15) is 9.90 Å². The van der Waals surface area contributed by atoms with Crippen molar-refractivity contribution in [2.75, 3.05) is 11.9 Å². The Balaban J connectivity index is 1.89. The van der Waals surface area contributed by atoms with Gasteiger partial charge in [-0.1, -0.05) is 13.8 Å². The number of urea groups is 1. The SMILES string of the molecule is Cc1nc2ccc(NC(=O)NCC(O)CC(C)C)cc2s1. The average Bonchev–Trinajstić information content (AvgIpc) is 2.75. The van der Waals surface area contributed by atoms with E-state index >= 15 is 0 Å². The number of aliphatic hydroxyl groups excluding tert-OH is 1. The summed E-state index contributed by atoms with van der Waals surface area (Å²) < 4.78 is 1.05. The summed E-state index contributed by atoms with van der Waals surface area (Å²) in [4.78, 5) is 16.2. The minimum Gasteiger partial charge on any atom is -0.391 e. The highest BCUT2D eigenvalue weighted by Crippen LogP contribution is 2.24. The maximum absolute atomic E-state index is 11.8. The van der Waals surface area contributed by atoms with Gasteiger partial charge in [-0.3, -0.25) is 0 Å². The van der Waals surface area contributed by atoms with Crippen LogP contribution in [0.15, 0.2) is 18.2 Å². The third-order valence-electron chi connectivity index (χ3n) is 2.99. The molecule has 0 aliphatic carbocycles. The largest absolute Gasteiger partial charge is 0.391 e. The van der Waals surface area contributed by atoms with Crippen LogP contribution in [0.3, 0.4) is 0 Å². The second-order valence-electron chi connectivity index (χ2n) is 5.53. The lowest BCUT2D eigenvalue weighted by atomic mass is 10.1. The Labute approximate surface area is 128 Å². The predicted molar refractivity (Wildman–Crippen MR) is 86.8 cm³/mol. The van der Waals surface area contributed by atoms with E-state index in [-0.39, 0.29) is 12.6 Å². The molecule has 6 heteroatoms. The minimum absolute atomic E-state index is 0.256. The van der Waals surface area contributed by atoms with E-state index in [1.54, 1.807) is 11.3 Å². The molecule has 0 saturated carbocycles. The molecule has 0 aliphatic heterocycles. The predicted octanol–water partition coefficient (Wildman–Crippen LogP) is 3.13. The molecule has 2 rings (SSSR count). The lowest BCUT2D eigenvalue weighted by Crippen LogP contribution is -2.35. The van der Waals surface area contributed by atoms with Crippen molar-refractivity contribution in [3.63, 3.8) is 0 Å². The number of rotatable bonds is 5. The van der Waals surface area contributed by atoms with Crippen molar-refractivity contribution in [3.05, 3.63) is 23.2 Å². The first kappa shape index (κ1) is 15.7. The molecule has 5 nitrogen and oxygen atoms in total. The van der Waals surface area contributed by atoms with E-state index in [0.29, 0.717) is 12.3 Å². The molecule has 21 heavy (non-hydrogen) atoms. The average molecular weight is 307 g/mol. The molecular formula is C15H21N3O2S. The number of fused-ring (bicyclic) bond motifs is 1. The zero-order chi connectivity index (χ0) is 15.4. The summed E-state index contributed by atoms with van der Waals surface area (Å²) in [7, 11) is 0. The number of nitrogens with zero attached hydrogens (tertiary/aromatic N) is 1.